The van der Waals surface area contributed by atoms with Gasteiger partial charge in [0.25, 0.3) is 5.91 Å². The number of furan rings is 1. The van der Waals surface area contributed by atoms with Crippen LogP contribution in [-0.4, -0.2) is 18.2 Å². The Balaban J connectivity index is 1.98. The predicted octanol–water partition coefficient (Wildman–Crippen LogP) is 3.78. The first kappa shape index (κ1) is 16.8. The van der Waals surface area contributed by atoms with Gasteiger partial charge in [-0.1, -0.05) is 13.8 Å². The molecule has 0 fully saturated rings. The van der Waals surface area contributed by atoms with Crippen LogP contribution in [0.15, 0.2) is 46.1 Å². The largest absolute Gasteiger partial charge is 0.493 e. The first-order chi connectivity index (χ1) is 11.0. The normalized spacial score (nSPS) is 11.6. The van der Waals surface area contributed by atoms with E-state index in [-0.39, 0.29) is 5.91 Å². The summed E-state index contributed by atoms with van der Waals surface area (Å²) in [5, 5.41) is 4.13. The Morgan fingerprint density at radius 3 is 2.52 bits per heavy atom. The van der Waals surface area contributed by atoms with Gasteiger partial charge in [-0.3, -0.25) is 4.79 Å². The lowest BCUT2D eigenvalue weighted by atomic mass is 10.1. The maximum absolute atomic E-state index is 12.0. The van der Waals surface area contributed by atoms with Crippen LogP contribution in [0.2, 0.25) is 0 Å². The highest BCUT2D eigenvalue weighted by molar-refractivity contribution is 6.01. The number of nitrogens with one attached hydrogen (secondary N) is 1. The van der Waals surface area contributed by atoms with Gasteiger partial charge in [0.05, 0.1) is 24.1 Å². The quantitative estimate of drug-likeness (QED) is 0.652. The summed E-state index contributed by atoms with van der Waals surface area (Å²) < 4.78 is 10.7. The van der Waals surface area contributed by atoms with E-state index in [1.165, 1.54) is 6.26 Å². The molecule has 0 spiro atoms. The lowest BCUT2D eigenvalue weighted by Crippen LogP contribution is -2.19. The molecule has 0 unspecified atom stereocenters. The number of ether oxygens (including phenoxy) is 1. The molecule has 5 nitrogen and oxygen atoms in total. The fraction of sp³-hybridized carbons (Fsp3) is 0.333. The second-order valence-electron chi connectivity index (χ2n) is 5.76. The number of nitrogens with zero attached hydrogens (tertiary/aromatic N) is 1. The molecule has 1 aromatic heterocycles. The summed E-state index contributed by atoms with van der Waals surface area (Å²) in [5.74, 6) is 1.60. The first-order valence-corrected chi connectivity index (χ1v) is 7.59. The zero-order chi connectivity index (χ0) is 16.8. The van der Waals surface area contributed by atoms with E-state index < -0.39 is 0 Å². The smallest absolute Gasteiger partial charge is 0.274 e. The van der Waals surface area contributed by atoms with Crippen LogP contribution < -0.4 is 10.2 Å². The van der Waals surface area contributed by atoms with Gasteiger partial charge in [0.2, 0.25) is 0 Å². The molecule has 1 amide bonds. The molecule has 2 aromatic rings. The van der Waals surface area contributed by atoms with E-state index in [1.54, 1.807) is 13.0 Å². The molecule has 0 bridgehead atoms. The Labute approximate surface area is 136 Å². The van der Waals surface area contributed by atoms with Gasteiger partial charge < -0.3 is 9.15 Å². The van der Waals surface area contributed by atoms with Gasteiger partial charge in [0, 0.05) is 0 Å². The van der Waals surface area contributed by atoms with Crippen molar-refractivity contribution in [2.24, 2.45) is 11.0 Å². The highest BCUT2D eigenvalue weighted by Gasteiger charge is 2.10. The minimum atomic E-state index is -0.285. The number of amides is 1. The SMILES string of the molecule is C/C(=N/NC(=O)c1ccoc1C)c1ccc(OCC(C)C)cc1. The molecule has 0 aliphatic heterocycles. The molecule has 1 heterocycles. The fourth-order valence-electron chi connectivity index (χ4n) is 1.94. The zero-order valence-corrected chi connectivity index (χ0v) is 13.9. The molecule has 0 radical (unpaired) electrons. The maximum atomic E-state index is 12.0. The average Bonchev–Trinajstić information content (AvgIpc) is 2.97. The van der Waals surface area contributed by atoms with Gasteiger partial charge in [-0.15, -0.1) is 0 Å². The van der Waals surface area contributed by atoms with Gasteiger partial charge >= 0.3 is 0 Å². The summed E-state index contributed by atoms with van der Waals surface area (Å²) in [6.07, 6.45) is 1.48. The summed E-state index contributed by atoms with van der Waals surface area (Å²) in [5.41, 5.74) is 4.66. The Hall–Kier alpha value is -2.56. The van der Waals surface area contributed by atoms with E-state index in [9.17, 15) is 4.79 Å². The summed E-state index contributed by atoms with van der Waals surface area (Å²) in [7, 11) is 0. The second-order valence-corrected chi connectivity index (χ2v) is 5.76. The highest BCUT2D eigenvalue weighted by Crippen LogP contribution is 2.14. The number of carbonyl (C=O) groups is 1. The molecular weight excluding hydrogens is 292 g/mol. The third-order valence-electron chi connectivity index (χ3n) is 3.28. The Bertz CT molecular complexity index is 685. The topological polar surface area (TPSA) is 63.8 Å². The molecule has 5 heteroatoms. The van der Waals surface area contributed by atoms with Crippen LogP contribution in [0.3, 0.4) is 0 Å². The molecule has 0 atom stereocenters. The van der Waals surface area contributed by atoms with Gasteiger partial charge in [-0.2, -0.15) is 5.10 Å². The standard InChI is InChI=1S/C18H22N2O3/c1-12(2)11-23-16-7-5-15(6-8-16)13(3)19-20-18(21)17-9-10-22-14(17)4/h5-10,12H,11H2,1-4H3,(H,20,21)/b19-13-. The maximum Gasteiger partial charge on any atom is 0.274 e. The fourth-order valence-corrected chi connectivity index (χ4v) is 1.94. The van der Waals surface area contributed by atoms with Crippen LogP contribution in [0.1, 0.15) is 42.5 Å². The van der Waals surface area contributed by atoms with Gasteiger partial charge in [-0.05, 0) is 55.7 Å². The van der Waals surface area contributed by atoms with E-state index in [0.29, 0.717) is 23.8 Å². The van der Waals surface area contributed by atoms with Crippen LogP contribution in [0, 0.1) is 12.8 Å². The van der Waals surface area contributed by atoms with Crippen molar-refractivity contribution in [3.05, 3.63) is 53.5 Å². The summed E-state index contributed by atoms with van der Waals surface area (Å²) in [4.78, 5) is 12.0. The van der Waals surface area contributed by atoms with Gasteiger partial charge in [0.15, 0.2) is 0 Å². The first-order valence-electron chi connectivity index (χ1n) is 7.59. The van der Waals surface area contributed by atoms with E-state index in [1.807, 2.05) is 31.2 Å². The van der Waals surface area contributed by atoms with Crippen molar-refractivity contribution in [2.45, 2.75) is 27.7 Å². The number of benzene rings is 1. The number of hydrogen-bond acceptors (Lipinski definition) is 4. The lowest BCUT2D eigenvalue weighted by molar-refractivity contribution is 0.0953. The molecule has 0 saturated heterocycles. The predicted molar refractivity (Wildman–Crippen MR) is 89.9 cm³/mol. The van der Waals surface area contributed by atoms with Crippen molar-refractivity contribution in [1.82, 2.24) is 5.43 Å². The molecule has 23 heavy (non-hydrogen) atoms. The van der Waals surface area contributed by atoms with Crippen molar-refractivity contribution in [2.75, 3.05) is 6.61 Å². The number of hydrogen-bond donors (Lipinski definition) is 1. The van der Waals surface area contributed by atoms with Crippen LogP contribution >= 0.6 is 0 Å². The van der Waals surface area contributed by atoms with Crippen molar-refractivity contribution in [3.8, 4) is 5.75 Å². The monoisotopic (exact) mass is 314 g/mol. The van der Waals surface area contributed by atoms with Gasteiger partial charge in [0.1, 0.15) is 11.5 Å². The molecule has 0 aliphatic rings. The summed E-state index contributed by atoms with van der Waals surface area (Å²) in [6, 6.07) is 9.27. The van der Waals surface area contributed by atoms with Crippen LogP contribution in [0.25, 0.3) is 0 Å². The second kappa shape index (κ2) is 7.63. The van der Waals surface area contributed by atoms with Crippen LogP contribution in [-0.2, 0) is 0 Å². The van der Waals surface area contributed by atoms with Crippen molar-refractivity contribution >= 4 is 11.6 Å². The van der Waals surface area contributed by atoms with Crippen molar-refractivity contribution in [1.29, 1.82) is 0 Å². The zero-order valence-electron chi connectivity index (χ0n) is 13.9. The average molecular weight is 314 g/mol. The molecule has 2 rings (SSSR count). The van der Waals surface area contributed by atoms with E-state index in [0.717, 1.165) is 17.0 Å². The van der Waals surface area contributed by atoms with E-state index in [4.69, 9.17) is 9.15 Å². The third kappa shape index (κ3) is 4.71. The lowest BCUT2D eigenvalue weighted by Gasteiger charge is -2.09. The Morgan fingerprint density at radius 1 is 1.26 bits per heavy atom. The number of aryl methyl sites for hydroxylation is 1. The van der Waals surface area contributed by atoms with E-state index >= 15 is 0 Å². The number of rotatable bonds is 6. The number of carbonyl (C=O) groups excluding carboxylic acids is 1. The summed E-state index contributed by atoms with van der Waals surface area (Å²) >= 11 is 0. The Kier molecular flexibility index (Phi) is 5.57. The minimum Gasteiger partial charge on any atom is -0.493 e. The van der Waals surface area contributed by atoms with Crippen LogP contribution in [0.4, 0.5) is 0 Å². The van der Waals surface area contributed by atoms with Crippen LogP contribution in [0.5, 0.6) is 5.75 Å². The Morgan fingerprint density at radius 2 is 1.96 bits per heavy atom. The van der Waals surface area contributed by atoms with Crippen molar-refractivity contribution in [3.63, 3.8) is 0 Å². The number of hydrazone groups is 1. The van der Waals surface area contributed by atoms with Crippen molar-refractivity contribution < 1.29 is 13.9 Å². The molecule has 0 saturated carbocycles. The van der Waals surface area contributed by atoms with Gasteiger partial charge in [-0.25, -0.2) is 5.43 Å². The molecule has 1 N–H and O–H groups in total. The summed E-state index contributed by atoms with van der Waals surface area (Å²) in [6.45, 7) is 8.48. The third-order valence-corrected chi connectivity index (χ3v) is 3.28. The molecule has 1 aromatic carbocycles. The molecule has 0 aliphatic carbocycles. The minimum absolute atomic E-state index is 0.285. The van der Waals surface area contributed by atoms with E-state index in [2.05, 4.69) is 24.4 Å². The molecular formula is C18H22N2O3. The highest BCUT2D eigenvalue weighted by atomic mass is 16.5. The molecule has 122 valence electrons.